The van der Waals surface area contributed by atoms with Crippen LogP contribution in [0.1, 0.15) is 51.4 Å². The lowest BCUT2D eigenvalue weighted by Gasteiger charge is -2.43. The third-order valence-corrected chi connectivity index (χ3v) is 6.79. The summed E-state index contributed by atoms with van der Waals surface area (Å²) in [6.45, 7) is 4.70. The highest BCUT2D eigenvalue weighted by atomic mass is 16.2. The third kappa shape index (κ3) is 2.86. The van der Waals surface area contributed by atoms with Gasteiger partial charge in [-0.15, -0.1) is 0 Å². The molecule has 1 saturated carbocycles. The predicted molar refractivity (Wildman–Crippen MR) is 91.5 cm³/mol. The number of likely N-dealkylation sites (tertiary alicyclic amines) is 1. The van der Waals surface area contributed by atoms with E-state index >= 15 is 0 Å². The molecule has 1 N–H and O–H groups in total. The second kappa shape index (κ2) is 6.60. The maximum atomic E-state index is 12.8. The Morgan fingerprint density at radius 3 is 2.22 bits per heavy atom. The Labute approximate surface area is 140 Å². The minimum absolute atomic E-state index is 0.308. The van der Waals surface area contributed by atoms with Crippen LogP contribution in [0.5, 0.6) is 0 Å². The summed E-state index contributed by atoms with van der Waals surface area (Å²) in [4.78, 5) is 19.8. The zero-order valence-corrected chi connectivity index (χ0v) is 14.5. The zero-order valence-electron chi connectivity index (χ0n) is 14.5. The van der Waals surface area contributed by atoms with Gasteiger partial charge in [0.05, 0.1) is 12.1 Å². The van der Waals surface area contributed by atoms with E-state index in [0.717, 1.165) is 6.04 Å². The minimum atomic E-state index is 0.308. The summed E-state index contributed by atoms with van der Waals surface area (Å²) in [5.74, 6) is 0. The van der Waals surface area contributed by atoms with E-state index in [1.54, 1.807) is 0 Å². The molecule has 5 heteroatoms. The molecule has 0 bridgehead atoms. The summed E-state index contributed by atoms with van der Waals surface area (Å²) in [5.41, 5.74) is 0. The molecule has 0 aromatic carbocycles. The topological polar surface area (TPSA) is 38.8 Å². The Kier molecular flexibility index (Phi) is 4.50. The number of hydrogen-bond donors (Lipinski definition) is 1. The van der Waals surface area contributed by atoms with Crippen molar-refractivity contribution in [3.05, 3.63) is 0 Å². The molecule has 0 radical (unpaired) electrons. The summed E-state index contributed by atoms with van der Waals surface area (Å²) in [7, 11) is 2.02. The Morgan fingerprint density at radius 1 is 0.870 bits per heavy atom. The first-order valence-electron chi connectivity index (χ1n) is 9.75. The number of fused-ring (bicyclic) bond motifs is 1. The van der Waals surface area contributed by atoms with Gasteiger partial charge in [0.2, 0.25) is 0 Å². The molecule has 5 nitrogen and oxygen atoms in total. The average molecular weight is 320 g/mol. The van der Waals surface area contributed by atoms with Gasteiger partial charge in [0.25, 0.3) is 0 Å². The van der Waals surface area contributed by atoms with E-state index < -0.39 is 0 Å². The van der Waals surface area contributed by atoms with Gasteiger partial charge in [-0.2, -0.15) is 0 Å². The molecule has 23 heavy (non-hydrogen) atoms. The zero-order chi connectivity index (χ0) is 15.8. The number of rotatable bonds is 2. The second-order valence-electron chi connectivity index (χ2n) is 7.97. The number of amides is 2. The molecule has 0 unspecified atom stereocenters. The van der Waals surface area contributed by atoms with E-state index in [-0.39, 0.29) is 0 Å². The maximum absolute atomic E-state index is 12.8. The van der Waals surface area contributed by atoms with Crippen LogP contribution in [0, 0.1) is 0 Å². The molecule has 2 amide bonds. The Hall–Kier alpha value is -0.810. The lowest BCUT2D eigenvalue weighted by Crippen LogP contribution is -2.53. The van der Waals surface area contributed by atoms with Crippen LogP contribution in [-0.2, 0) is 0 Å². The van der Waals surface area contributed by atoms with Crippen molar-refractivity contribution in [3.8, 4) is 0 Å². The molecule has 3 saturated heterocycles. The van der Waals surface area contributed by atoms with Crippen LogP contribution in [0.4, 0.5) is 4.79 Å². The van der Waals surface area contributed by atoms with Crippen LogP contribution in [0.3, 0.4) is 0 Å². The van der Waals surface area contributed by atoms with E-state index in [2.05, 4.69) is 15.1 Å². The van der Waals surface area contributed by atoms with E-state index in [0.29, 0.717) is 24.2 Å². The van der Waals surface area contributed by atoms with Crippen LogP contribution in [0.25, 0.3) is 0 Å². The van der Waals surface area contributed by atoms with Crippen LogP contribution in [0.2, 0.25) is 0 Å². The van der Waals surface area contributed by atoms with Crippen molar-refractivity contribution in [2.24, 2.45) is 0 Å². The number of nitrogens with one attached hydrogen (secondary N) is 1. The molecule has 0 aromatic heterocycles. The highest BCUT2D eigenvalue weighted by molar-refractivity contribution is 5.78. The summed E-state index contributed by atoms with van der Waals surface area (Å²) in [6, 6.07) is 2.55. The number of nitrogens with zero attached hydrogens (tertiary/aromatic N) is 3. The van der Waals surface area contributed by atoms with Gasteiger partial charge in [0, 0.05) is 32.2 Å². The number of hydrogen-bond acceptors (Lipinski definition) is 3. The minimum Gasteiger partial charge on any atom is -0.323 e. The van der Waals surface area contributed by atoms with Crippen LogP contribution >= 0.6 is 0 Å². The fourth-order valence-corrected chi connectivity index (χ4v) is 5.46. The van der Waals surface area contributed by atoms with Gasteiger partial charge in [0.15, 0.2) is 0 Å². The van der Waals surface area contributed by atoms with Crippen molar-refractivity contribution >= 4 is 6.03 Å². The van der Waals surface area contributed by atoms with E-state index in [9.17, 15) is 4.79 Å². The maximum Gasteiger partial charge on any atom is 0.320 e. The standard InChI is InChI=1S/C18H32N4O/c1-20-16-4-2-3-5-17(16)22(18(20)23)15-8-12-21(13-9-15)14-6-10-19-11-7-14/h14-17,19H,2-13H2,1H3/t16-,17-/m0/s1. The first-order chi connectivity index (χ1) is 11.3. The summed E-state index contributed by atoms with van der Waals surface area (Å²) >= 11 is 0. The fourth-order valence-electron chi connectivity index (χ4n) is 5.46. The molecule has 0 aromatic rings. The van der Waals surface area contributed by atoms with Gasteiger partial charge >= 0.3 is 6.03 Å². The molecule has 4 fully saturated rings. The van der Waals surface area contributed by atoms with Gasteiger partial charge in [-0.1, -0.05) is 12.8 Å². The van der Waals surface area contributed by atoms with Gasteiger partial charge < -0.3 is 20.0 Å². The number of urea groups is 1. The number of piperidine rings is 2. The molecule has 2 atom stereocenters. The van der Waals surface area contributed by atoms with E-state index in [1.165, 1.54) is 77.5 Å². The smallest absolute Gasteiger partial charge is 0.320 e. The average Bonchev–Trinajstić information content (AvgIpc) is 2.87. The van der Waals surface area contributed by atoms with Crippen molar-refractivity contribution in [2.45, 2.75) is 75.5 Å². The molecule has 130 valence electrons. The van der Waals surface area contributed by atoms with Crippen molar-refractivity contribution in [1.82, 2.24) is 20.0 Å². The number of carbonyl (C=O) groups excluding carboxylic acids is 1. The van der Waals surface area contributed by atoms with Crippen molar-refractivity contribution in [3.63, 3.8) is 0 Å². The highest BCUT2D eigenvalue weighted by Crippen LogP contribution is 2.36. The summed E-state index contributed by atoms with van der Waals surface area (Å²) in [5, 5.41) is 3.46. The molecular weight excluding hydrogens is 288 g/mol. The third-order valence-electron chi connectivity index (χ3n) is 6.79. The van der Waals surface area contributed by atoms with Gasteiger partial charge in [-0.3, -0.25) is 0 Å². The number of likely N-dealkylation sites (N-methyl/N-ethyl adjacent to an activating group) is 1. The summed E-state index contributed by atoms with van der Waals surface area (Å²) < 4.78 is 0. The SMILES string of the molecule is CN1C(=O)N(C2CCN(C3CCNCC3)CC2)[C@H]2CCCC[C@@H]21. The van der Waals surface area contributed by atoms with Crippen LogP contribution in [0.15, 0.2) is 0 Å². The quantitative estimate of drug-likeness (QED) is 0.844. The van der Waals surface area contributed by atoms with Crippen LogP contribution in [-0.4, -0.2) is 78.1 Å². The predicted octanol–water partition coefficient (Wildman–Crippen LogP) is 1.88. The molecule has 3 aliphatic heterocycles. The lowest BCUT2D eigenvalue weighted by atomic mass is 9.88. The van der Waals surface area contributed by atoms with Gasteiger partial charge in [-0.05, 0) is 51.6 Å². The molecule has 0 spiro atoms. The van der Waals surface area contributed by atoms with Crippen molar-refractivity contribution < 1.29 is 4.79 Å². The Morgan fingerprint density at radius 2 is 1.52 bits per heavy atom. The Bertz CT molecular complexity index is 429. The molecule has 4 rings (SSSR count). The number of carbonyl (C=O) groups is 1. The van der Waals surface area contributed by atoms with E-state index in [4.69, 9.17) is 0 Å². The Balaban J connectivity index is 1.38. The monoisotopic (exact) mass is 320 g/mol. The molecule has 4 aliphatic rings. The van der Waals surface area contributed by atoms with Gasteiger partial charge in [0.1, 0.15) is 0 Å². The molecule has 3 heterocycles. The largest absolute Gasteiger partial charge is 0.323 e. The normalized spacial score (nSPS) is 34.9. The summed E-state index contributed by atoms with van der Waals surface area (Å²) in [6.07, 6.45) is 9.95. The van der Waals surface area contributed by atoms with Crippen LogP contribution < -0.4 is 5.32 Å². The van der Waals surface area contributed by atoms with E-state index in [1.807, 2.05) is 11.9 Å². The van der Waals surface area contributed by atoms with Gasteiger partial charge in [-0.25, -0.2) is 4.79 Å². The highest BCUT2D eigenvalue weighted by Gasteiger charge is 2.47. The molecular formula is C18H32N4O. The van der Waals surface area contributed by atoms with Crippen molar-refractivity contribution in [1.29, 1.82) is 0 Å². The first kappa shape index (κ1) is 15.7. The fraction of sp³-hybridized carbons (Fsp3) is 0.944. The second-order valence-corrected chi connectivity index (χ2v) is 7.97. The molecule has 1 aliphatic carbocycles. The van der Waals surface area contributed by atoms with Crippen molar-refractivity contribution in [2.75, 3.05) is 33.2 Å². The lowest BCUT2D eigenvalue weighted by molar-refractivity contribution is 0.0725. The first-order valence-corrected chi connectivity index (χ1v) is 9.75.